The third-order valence-electron chi connectivity index (χ3n) is 6.93. The highest BCUT2D eigenvalue weighted by Gasteiger charge is 2.28. The third kappa shape index (κ3) is 4.81. The lowest BCUT2D eigenvalue weighted by molar-refractivity contribution is 0.0907. The summed E-state index contributed by atoms with van der Waals surface area (Å²) >= 11 is 0. The quantitative estimate of drug-likeness (QED) is 0.426. The SMILES string of the molecule is CC(C)(C)c1noc(C(=O)NCc2ccc(-c3ncnn4cc(N5CCOCC5)cc34)cc2C2CC2)n1. The molecule has 37 heavy (non-hydrogen) atoms. The van der Waals surface area contributed by atoms with Gasteiger partial charge >= 0.3 is 11.8 Å². The Balaban J connectivity index is 1.25. The molecule has 1 amide bonds. The second kappa shape index (κ2) is 9.26. The van der Waals surface area contributed by atoms with Crippen LogP contribution in [0, 0.1) is 0 Å². The standard InChI is InChI=1S/C27H31N7O3/c1-27(2,3)26-31-25(37-32-26)24(35)28-14-19-7-6-18(12-21(19)17-4-5-17)23-22-13-20(15-34(22)30-16-29-23)33-8-10-36-11-9-33/h6-7,12-13,15-17H,4-5,8-11,14H2,1-3H3,(H,28,35). The first-order valence-corrected chi connectivity index (χ1v) is 12.8. The number of benzene rings is 1. The van der Waals surface area contributed by atoms with Gasteiger partial charge in [0.15, 0.2) is 5.82 Å². The topological polar surface area (TPSA) is 111 Å². The van der Waals surface area contributed by atoms with Crippen molar-refractivity contribution in [2.75, 3.05) is 31.2 Å². The van der Waals surface area contributed by atoms with Gasteiger partial charge in [-0.3, -0.25) is 4.79 Å². The number of rotatable bonds is 6. The summed E-state index contributed by atoms with van der Waals surface area (Å²) in [6.45, 7) is 9.53. The highest BCUT2D eigenvalue weighted by molar-refractivity contribution is 5.89. The van der Waals surface area contributed by atoms with Crippen LogP contribution in [0.15, 0.2) is 41.3 Å². The van der Waals surface area contributed by atoms with Crippen LogP contribution in [0.1, 0.15) is 67.2 Å². The summed E-state index contributed by atoms with van der Waals surface area (Å²) < 4.78 is 12.6. The van der Waals surface area contributed by atoms with Gasteiger partial charge in [-0.2, -0.15) is 10.1 Å². The Labute approximate surface area is 215 Å². The molecule has 1 saturated heterocycles. The summed E-state index contributed by atoms with van der Waals surface area (Å²) in [7, 11) is 0. The van der Waals surface area contributed by atoms with Crippen molar-refractivity contribution in [1.29, 1.82) is 0 Å². The first-order valence-electron chi connectivity index (χ1n) is 12.8. The molecule has 1 aliphatic carbocycles. The molecule has 2 fully saturated rings. The van der Waals surface area contributed by atoms with Gasteiger partial charge in [-0.25, -0.2) is 9.50 Å². The summed E-state index contributed by atoms with van der Waals surface area (Å²) in [4.78, 5) is 23.9. The van der Waals surface area contributed by atoms with Crippen LogP contribution in [0.2, 0.25) is 0 Å². The number of morpholine rings is 1. The van der Waals surface area contributed by atoms with Gasteiger partial charge in [0.25, 0.3) is 0 Å². The predicted octanol–water partition coefficient (Wildman–Crippen LogP) is 3.72. The number of carbonyl (C=O) groups excluding carboxylic acids is 1. The highest BCUT2D eigenvalue weighted by Crippen LogP contribution is 2.43. The van der Waals surface area contributed by atoms with Gasteiger partial charge in [0, 0.05) is 30.6 Å². The van der Waals surface area contributed by atoms with E-state index < -0.39 is 0 Å². The molecule has 0 unspecified atom stereocenters. The van der Waals surface area contributed by atoms with Gasteiger partial charge < -0.3 is 19.5 Å². The minimum atomic E-state index is -0.366. The van der Waals surface area contributed by atoms with Crippen molar-refractivity contribution in [1.82, 2.24) is 30.1 Å². The number of hydrogen-bond donors (Lipinski definition) is 1. The Morgan fingerprint density at radius 3 is 2.70 bits per heavy atom. The lowest BCUT2D eigenvalue weighted by Gasteiger charge is -2.27. The molecule has 10 heteroatoms. The maximum Gasteiger partial charge on any atom is 0.315 e. The fourth-order valence-corrected chi connectivity index (χ4v) is 4.68. The maximum atomic E-state index is 12.7. The van der Waals surface area contributed by atoms with Gasteiger partial charge in [-0.15, -0.1) is 0 Å². The molecule has 10 nitrogen and oxygen atoms in total. The van der Waals surface area contributed by atoms with E-state index in [0.717, 1.165) is 67.2 Å². The van der Waals surface area contributed by atoms with Gasteiger partial charge in [0.05, 0.1) is 36.3 Å². The van der Waals surface area contributed by atoms with Crippen LogP contribution < -0.4 is 10.2 Å². The number of fused-ring (bicyclic) bond motifs is 1. The maximum absolute atomic E-state index is 12.7. The molecule has 0 spiro atoms. The number of aromatic nitrogens is 5. The molecular weight excluding hydrogens is 470 g/mol. The molecule has 4 heterocycles. The van der Waals surface area contributed by atoms with Crippen LogP contribution in [-0.2, 0) is 16.7 Å². The zero-order chi connectivity index (χ0) is 25.6. The number of hydrogen-bond acceptors (Lipinski definition) is 8. The Morgan fingerprint density at radius 2 is 1.97 bits per heavy atom. The third-order valence-corrected chi connectivity index (χ3v) is 6.93. The molecule has 192 valence electrons. The average molecular weight is 502 g/mol. The van der Waals surface area contributed by atoms with E-state index in [2.05, 4.69) is 60.9 Å². The molecule has 1 saturated carbocycles. The van der Waals surface area contributed by atoms with Gasteiger partial charge in [0.1, 0.15) is 6.33 Å². The molecule has 4 aromatic rings. The van der Waals surface area contributed by atoms with Crippen molar-refractivity contribution >= 4 is 17.1 Å². The van der Waals surface area contributed by atoms with Crippen molar-refractivity contribution in [3.05, 3.63) is 59.6 Å². The van der Waals surface area contributed by atoms with Gasteiger partial charge in [-0.1, -0.05) is 38.1 Å². The van der Waals surface area contributed by atoms with Crippen molar-refractivity contribution in [2.45, 2.75) is 51.5 Å². The van der Waals surface area contributed by atoms with E-state index in [4.69, 9.17) is 9.26 Å². The van der Waals surface area contributed by atoms with Gasteiger partial charge in [0.2, 0.25) is 0 Å². The lowest BCUT2D eigenvalue weighted by atomic mass is 9.96. The van der Waals surface area contributed by atoms with Crippen molar-refractivity contribution in [3.8, 4) is 11.3 Å². The summed E-state index contributed by atoms with van der Waals surface area (Å²) in [6, 6.07) is 8.53. The van der Waals surface area contributed by atoms with Crippen molar-refractivity contribution in [3.63, 3.8) is 0 Å². The largest absolute Gasteiger partial charge is 0.378 e. The fraction of sp³-hybridized carbons (Fsp3) is 0.444. The number of anilines is 1. The molecular formula is C27H31N7O3. The zero-order valence-electron chi connectivity index (χ0n) is 21.4. The number of carbonyl (C=O) groups is 1. The van der Waals surface area contributed by atoms with Crippen LogP contribution in [0.3, 0.4) is 0 Å². The summed E-state index contributed by atoms with van der Waals surface area (Å²) in [6.07, 6.45) is 5.95. The first kappa shape index (κ1) is 23.6. The van der Waals surface area contributed by atoms with E-state index in [1.54, 1.807) is 6.33 Å². The van der Waals surface area contributed by atoms with Crippen LogP contribution >= 0.6 is 0 Å². The minimum absolute atomic E-state index is 0.0119. The normalized spacial score (nSPS) is 16.4. The predicted molar refractivity (Wildman–Crippen MR) is 138 cm³/mol. The summed E-state index contributed by atoms with van der Waals surface area (Å²) in [5.74, 6) is 0.632. The van der Waals surface area contributed by atoms with Gasteiger partial charge in [-0.05, 0) is 42.0 Å². The monoisotopic (exact) mass is 501 g/mol. The molecule has 0 bridgehead atoms. The second-order valence-corrected chi connectivity index (χ2v) is 10.8. The molecule has 0 atom stereocenters. The summed E-state index contributed by atoms with van der Waals surface area (Å²) in [5.41, 5.74) is 6.09. The molecule has 0 radical (unpaired) electrons. The number of ether oxygens (including phenoxy) is 1. The first-order chi connectivity index (χ1) is 17.9. The smallest absolute Gasteiger partial charge is 0.315 e. The Hall–Kier alpha value is -3.79. The number of amides is 1. The van der Waals surface area contributed by atoms with Crippen LogP contribution in [0.25, 0.3) is 16.8 Å². The van der Waals surface area contributed by atoms with E-state index in [0.29, 0.717) is 18.3 Å². The van der Waals surface area contributed by atoms with E-state index >= 15 is 0 Å². The van der Waals surface area contributed by atoms with Crippen LogP contribution in [0.4, 0.5) is 5.69 Å². The molecule has 6 rings (SSSR count). The van der Waals surface area contributed by atoms with E-state index in [1.807, 2.05) is 25.3 Å². The highest BCUT2D eigenvalue weighted by atomic mass is 16.5. The molecule has 3 aromatic heterocycles. The van der Waals surface area contributed by atoms with Crippen LogP contribution in [0.5, 0.6) is 0 Å². The van der Waals surface area contributed by atoms with Crippen molar-refractivity contribution in [2.24, 2.45) is 0 Å². The second-order valence-electron chi connectivity index (χ2n) is 10.8. The number of nitrogens with zero attached hydrogens (tertiary/aromatic N) is 6. The Morgan fingerprint density at radius 1 is 1.16 bits per heavy atom. The average Bonchev–Trinajstić information content (AvgIpc) is 3.43. The Kier molecular flexibility index (Phi) is 5.91. The fourth-order valence-electron chi connectivity index (χ4n) is 4.68. The molecule has 1 aromatic carbocycles. The van der Waals surface area contributed by atoms with E-state index in [9.17, 15) is 4.79 Å². The molecule has 1 N–H and O–H groups in total. The Bertz CT molecular complexity index is 1440. The number of nitrogens with one attached hydrogen (secondary N) is 1. The van der Waals surface area contributed by atoms with Crippen LogP contribution in [-0.4, -0.2) is 56.9 Å². The molecule has 2 aliphatic rings. The van der Waals surface area contributed by atoms with E-state index in [1.165, 1.54) is 5.56 Å². The van der Waals surface area contributed by atoms with E-state index in [-0.39, 0.29) is 17.2 Å². The zero-order valence-corrected chi connectivity index (χ0v) is 21.4. The lowest BCUT2D eigenvalue weighted by Crippen LogP contribution is -2.35. The van der Waals surface area contributed by atoms with Crippen molar-refractivity contribution < 1.29 is 14.1 Å². The minimum Gasteiger partial charge on any atom is -0.378 e. The molecule has 1 aliphatic heterocycles. The summed E-state index contributed by atoms with van der Waals surface area (Å²) in [5, 5.41) is 11.3.